The van der Waals surface area contributed by atoms with Crippen LogP contribution >= 0.6 is 0 Å². The van der Waals surface area contributed by atoms with E-state index in [1.807, 2.05) is 0 Å². The lowest BCUT2D eigenvalue weighted by Crippen LogP contribution is -2.17. The van der Waals surface area contributed by atoms with Crippen molar-refractivity contribution in [1.82, 2.24) is 5.43 Å². The van der Waals surface area contributed by atoms with Crippen molar-refractivity contribution in [3.63, 3.8) is 0 Å². The molecule has 106 valence electrons. The molecule has 0 aromatic heterocycles. The zero-order chi connectivity index (χ0) is 15.2. The lowest BCUT2D eigenvalue weighted by atomic mass is 10.1. The fourth-order valence-corrected chi connectivity index (χ4v) is 1.54. The van der Waals surface area contributed by atoms with E-state index in [0.29, 0.717) is 5.56 Å². The quantitative estimate of drug-likeness (QED) is 0.668. The molecule has 2 aromatic carbocycles. The van der Waals surface area contributed by atoms with Gasteiger partial charge in [0.15, 0.2) is 0 Å². The van der Waals surface area contributed by atoms with Gasteiger partial charge in [-0.05, 0) is 42.0 Å². The fraction of sp³-hybridized carbons (Fsp3) is 0. The molecule has 0 saturated carbocycles. The van der Waals surface area contributed by atoms with E-state index in [0.717, 1.165) is 0 Å². The third-order valence-corrected chi connectivity index (χ3v) is 2.64. The third-order valence-electron chi connectivity index (χ3n) is 2.64. The number of carboxylic acids is 1. The van der Waals surface area contributed by atoms with Crippen molar-refractivity contribution < 1.29 is 19.1 Å². The number of rotatable bonds is 4. The molecule has 0 aliphatic heterocycles. The van der Waals surface area contributed by atoms with Crippen molar-refractivity contribution in [3.8, 4) is 0 Å². The van der Waals surface area contributed by atoms with E-state index < -0.39 is 17.7 Å². The van der Waals surface area contributed by atoms with Gasteiger partial charge in [-0.2, -0.15) is 5.10 Å². The minimum atomic E-state index is -1.01. The zero-order valence-electron chi connectivity index (χ0n) is 10.8. The largest absolute Gasteiger partial charge is 0.478 e. The number of nitrogens with one attached hydrogen (secondary N) is 1. The second-order valence-electron chi connectivity index (χ2n) is 4.13. The molecule has 2 N–H and O–H groups in total. The topological polar surface area (TPSA) is 78.8 Å². The molecule has 21 heavy (non-hydrogen) atoms. The smallest absolute Gasteiger partial charge is 0.335 e. The van der Waals surface area contributed by atoms with E-state index in [1.165, 1.54) is 42.6 Å². The Morgan fingerprint density at radius 3 is 2.14 bits per heavy atom. The number of carbonyl (C=O) groups is 2. The molecule has 0 radical (unpaired) electrons. The van der Waals surface area contributed by atoms with Crippen molar-refractivity contribution >= 4 is 18.1 Å². The molecule has 0 atom stereocenters. The normalized spacial score (nSPS) is 10.5. The number of carbonyl (C=O) groups excluding carboxylic acids is 1. The van der Waals surface area contributed by atoms with Crippen molar-refractivity contribution in [2.24, 2.45) is 5.10 Å². The highest BCUT2D eigenvalue weighted by molar-refractivity contribution is 5.95. The lowest BCUT2D eigenvalue weighted by molar-refractivity contribution is 0.0696. The van der Waals surface area contributed by atoms with Crippen LogP contribution in [0.1, 0.15) is 26.3 Å². The summed E-state index contributed by atoms with van der Waals surface area (Å²) in [5, 5.41) is 12.5. The van der Waals surface area contributed by atoms with Gasteiger partial charge < -0.3 is 5.11 Å². The Bertz CT molecular complexity index is 679. The molecular weight excluding hydrogens is 275 g/mol. The van der Waals surface area contributed by atoms with Crippen LogP contribution in [0.3, 0.4) is 0 Å². The average Bonchev–Trinajstić information content (AvgIpc) is 2.48. The summed E-state index contributed by atoms with van der Waals surface area (Å²) in [5.41, 5.74) is 3.39. The van der Waals surface area contributed by atoms with Crippen molar-refractivity contribution in [3.05, 3.63) is 71.0 Å². The summed E-state index contributed by atoms with van der Waals surface area (Å²) in [6.07, 6.45) is 1.38. The van der Waals surface area contributed by atoms with Crippen LogP contribution in [0.5, 0.6) is 0 Å². The van der Waals surface area contributed by atoms with Gasteiger partial charge in [0.25, 0.3) is 5.91 Å². The number of carboxylic acid groups (broad SMARTS) is 1. The third kappa shape index (κ3) is 3.97. The second kappa shape index (κ2) is 6.42. The maximum atomic E-state index is 12.7. The average molecular weight is 286 g/mol. The van der Waals surface area contributed by atoms with E-state index in [4.69, 9.17) is 5.11 Å². The zero-order valence-corrected chi connectivity index (χ0v) is 10.8. The van der Waals surface area contributed by atoms with Crippen molar-refractivity contribution in [2.75, 3.05) is 0 Å². The first-order valence-electron chi connectivity index (χ1n) is 5.98. The lowest BCUT2D eigenvalue weighted by Gasteiger charge is -1.99. The number of amides is 1. The number of aromatic carboxylic acids is 1. The van der Waals surface area contributed by atoms with Gasteiger partial charge in [0, 0.05) is 5.56 Å². The molecule has 2 aromatic rings. The predicted molar refractivity (Wildman–Crippen MR) is 74.9 cm³/mol. The summed E-state index contributed by atoms with van der Waals surface area (Å²) >= 11 is 0. The number of hydrazone groups is 1. The predicted octanol–water partition coefficient (Wildman–Crippen LogP) is 2.29. The Morgan fingerprint density at radius 1 is 1.00 bits per heavy atom. The standard InChI is InChI=1S/C15H11FN2O3/c16-13-7-5-11(6-8-13)14(19)18-17-9-10-1-3-12(4-2-10)15(20)21/h1-9H,(H,18,19)(H,20,21)/b17-9-. The molecule has 0 fully saturated rings. The summed E-state index contributed by atoms with van der Waals surface area (Å²) < 4.78 is 12.7. The molecule has 1 amide bonds. The first-order chi connectivity index (χ1) is 10.1. The van der Waals surface area contributed by atoms with E-state index in [9.17, 15) is 14.0 Å². The van der Waals surface area contributed by atoms with Gasteiger partial charge in [-0.25, -0.2) is 14.6 Å². The summed E-state index contributed by atoms with van der Waals surface area (Å²) in [4.78, 5) is 22.3. The highest BCUT2D eigenvalue weighted by Crippen LogP contribution is 2.03. The monoisotopic (exact) mass is 286 g/mol. The summed E-state index contributed by atoms with van der Waals surface area (Å²) in [7, 11) is 0. The number of hydrogen-bond acceptors (Lipinski definition) is 3. The molecule has 0 unspecified atom stereocenters. The molecule has 0 saturated heterocycles. The number of nitrogens with zero attached hydrogens (tertiary/aromatic N) is 1. The Morgan fingerprint density at radius 2 is 1.57 bits per heavy atom. The van der Waals surface area contributed by atoms with Crippen LogP contribution in [-0.2, 0) is 0 Å². The molecule has 6 heteroatoms. The Kier molecular flexibility index (Phi) is 4.40. The van der Waals surface area contributed by atoms with Crippen LogP contribution in [0.25, 0.3) is 0 Å². The van der Waals surface area contributed by atoms with Gasteiger partial charge in [0.05, 0.1) is 11.8 Å². The van der Waals surface area contributed by atoms with E-state index >= 15 is 0 Å². The SMILES string of the molecule is O=C(O)c1ccc(/C=N\NC(=O)c2ccc(F)cc2)cc1. The first-order valence-corrected chi connectivity index (χ1v) is 5.98. The number of hydrogen-bond donors (Lipinski definition) is 2. The molecule has 0 bridgehead atoms. The second-order valence-corrected chi connectivity index (χ2v) is 4.13. The Hall–Kier alpha value is -3.02. The maximum absolute atomic E-state index is 12.7. The fourth-order valence-electron chi connectivity index (χ4n) is 1.54. The highest BCUT2D eigenvalue weighted by Gasteiger charge is 2.03. The van der Waals surface area contributed by atoms with Crippen molar-refractivity contribution in [2.45, 2.75) is 0 Å². The molecule has 0 spiro atoms. The van der Waals surface area contributed by atoms with Gasteiger partial charge in [-0.1, -0.05) is 12.1 Å². The summed E-state index contributed by atoms with van der Waals surface area (Å²) in [6.45, 7) is 0. The first kappa shape index (κ1) is 14.4. The minimum absolute atomic E-state index is 0.169. The Balaban J connectivity index is 1.97. The van der Waals surface area contributed by atoms with Gasteiger partial charge in [-0.15, -0.1) is 0 Å². The number of halogens is 1. The molecule has 0 aliphatic carbocycles. The van der Waals surface area contributed by atoms with Gasteiger partial charge >= 0.3 is 5.97 Å². The number of benzene rings is 2. The molecule has 0 aliphatic rings. The van der Waals surface area contributed by atoms with E-state index in [-0.39, 0.29) is 11.1 Å². The van der Waals surface area contributed by atoms with Crippen LogP contribution in [0.4, 0.5) is 4.39 Å². The molecule has 2 rings (SSSR count). The molecule has 0 heterocycles. The molecule has 5 nitrogen and oxygen atoms in total. The van der Waals surface area contributed by atoms with Gasteiger partial charge in [0.2, 0.25) is 0 Å². The summed E-state index contributed by atoms with van der Waals surface area (Å²) in [5.74, 6) is -1.90. The Labute approximate surface area is 119 Å². The van der Waals surface area contributed by atoms with Crippen LogP contribution in [0.2, 0.25) is 0 Å². The van der Waals surface area contributed by atoms with Crippen molar-refractivity contribution in [1.29, 1.82) is 0 Å². The van der Waals surface area contributed by atoms with E-state index in [1.54, 1.807) is 12.1 Å². The van der Waals surface area contributed by atoms with Crippen LogP contribution < -0.4 is 5.43 Å². The highest BCUT2D eigenvalue weighted by atomic mass is 19.1. The van der Waals surface area contributed by atoms with E-state index in [2.05, 4.69) is 10.5 Å². The van der Waals surface area contributed by atoms with Gasteiger partial charge in [0.1, 0.15) is 5.82 Å². The van der Waals surface area contributed by atoms with Crippen LogP contribution in [0, 0.1) is 5.82 Å². The minimum Gasteiger partial charge on any atom is -0.478 e. The molecular formula is C15H11FN2O3. The van der Waals surface area contributed by atoms with Crippen LogP contribution in [0.15, 0.2) is 53.6 Å². The maximum Gasteiger partial charge on any atom is 0.335 e. The van der Waals surface area contributed by atoms with Crippen LogP contribution in [-0.4, -0.2) is 23.2 Å². The van der Waals surface area contributed by atoms with Gasteiger partial charge in [-0.3, -0.25) is 4.79 Å². The summed E-state index contributed by atoms with van der Waals surface area (Å²) in [6, 6.07) is 11.1.